The third-order valence-electron chi connectivity index (χ3n) is 4.57. The van der Waals surface area contributed by atoms with Crippen molar-refractivity contribution < 1.29 is 19.4 Å². The van der Waals surface area contributed by atoms with Crippen molar-refractivity contribution in [2.24, 2.45) is 11.8 Å². The van der Waals surface area contributed by atoms with Crippen LogP contribution in [0.3, 0.4) is 0 Å². The van der Waals surface area contributed by atoms with Gasteiger partial charge in [0, 0.05) is 19.1 Å². The zero-order valence-corrected chi connectivity index (χ0v) is 14.5. The van der Waals surface area contributed by atoms with Crippen LogP contribution < -0.4 is 10.1 Å². The largest absolute Gasteiger partial charge is 0.496 e. The number of carboxylic acids is 1. The Bertz CT molecular complexity index is 588. The van der Waals surface area contributed by atoms with Gasteiger partial charge in [-0.1, -0.05) is 32.0 Å². The number of ether oxygens (including phenoxy) is 1. The van der Waals surface area contributed by atoms with Gasteiger partial charge in [-0.3, -0.25) is 4.79 Å². The lowest BCUT2D eigenvalue weighted by Crippen LogP contribution is -2.47. The minimum Gasteiger partial charge on any atom is -0.496 e. The number of likely N-dealkylation sites (tertiary alicyclic amines) is 1. The second-order valence-corrected chi connectivity index (χ2v) is 6.59. The van der Waals surface area contributed by atoms with E-state index in [2.05, 4.69) is 19.2 Å². The van der Waals surface area contributed by atoms with E-state index in [1.807, 2.05) is 24.3 Å². The fourth-order valence-electron chi connectivity index (χ4n) is 2.96. The molecule has 0 spiro atoms. The number of amides is 2. The van der Waals surface area contributed by atoms with E-state index >= 15 is 0 Å². The number of carboxylic acid groups (broad SMARTS) is 1. The van der Waals surface area contributed by atoms with E-state index in [-0.39, 0.29) is 24.5 Å². The van der Waals surface area contributed by atoms with Gasteiger partial charge in [-0.15, -0.1) is 0 Å². The number of nitrogens with zero attached hydrogens (tertiary/aromatic N) is 1. The lowest BCUT2D eigenvalue weighted by molar-refractivity contribution is -0.141. The predicted molar refractivity (Wildman–Crippen MR) is 91.2 cm³/mol. The first-order valence-electron chi connectivity index (χ1n) is 8.32. The van der Waals surface area contributed by atoms with Crippen LogP contribution in [-0.4, -0.2) is 48.2 Å². The van der Waals surface area contributed by atoms with Crippen LogP contribution in [0.25, 0.3) is 0 Å². The summed E-state index contributed by atoms with van der Waals surface area (Å²) < 4.78 is 5.38. The molecule has 1 fully saturated rings. The van der Waals surface area contributed by atoms with Crippen LogP contribution in [0.2, 0.25) is 0 Å². The summed E-state index contributed by atoms with van der Waals surface area (Å²) in [5, 5.41) is 12.1. The zero-order chi connectivity index (χ0) is 17.7. The van der Waals surface area contributed by atoms with Gasteiger partial charge in [0.1, 0.15) is 5.75 Å². The molecule has 1 aromatic carbocycles. The van der Waals surface area contributed by atoms with E-state index in [4.69, 9.17) is 9.84 Å². The summed E-state index contributed by atoms with van der Waals surface area (Å²) >= 11 is 0. The molecule has 1 aromatic rings. The van der Waals surface area contributed by atoms with E-state index in [0.29, 0.717) is 19.4 Å². The van der Waals surface area contributed by atoms with Crippen molar-refractivity contribution in [1.29, 1.82) is 0 Å². The summed E-state index contributed by atoms with van der Waals surface area (Å²) in [6.07, 6.45) is 1.19. The number of hydrogen-bond donors (Lipinski definition) is 2. The monoisotopic (exact) mass is 334 g/mol. The van der Waals surface area contributed by atoms with Gasteiger partial charge in [-0.05, 0) is 30.4 Å². The van der Waals surface area contributed by atoms with Crippen LogP contribution in [-0.2, 0) is 11.2 Å². The van der Waals surface area contributed by atoms with Crippen LogP contribution in [0.1, 0.15) is 25.8 Å². The molecule has 0 aromatic heterocycles. The van der Waals surface area contributed by atoms with Gasteiger partial charge in [0.05, 0.1) is 13.0 Å². The van der Waals surface area contributed by atoms with Crippen LogP contribution in [0.5, 0.6) is 5.75 Å². The number of urea groups is 1. The molecule has 1 aliphatic heterocycles. The Morgan fingerprint density at radius 2 is 2.08 bits per heavy atom. The van der Waals surface area contributed by atoms with Gasteiger partial charge in [0.15, 0.2) is 0 Å². The van der Waals surface area contributed by atoms with Gasteiger partial charge >= 0.3 is 12.0 Å². The smallest absolute Gasteiger partial charge is 0.317 e. The van der Waals surface area contributed by atoms with Crippen molar-refractivity contribution in [1.82, 2.24) is 10.2 Å². The van der Waals surface area contributed by atoms with Crippen LogP contribution >= 0.6 is 0 Å². The van der Waals surface area contributed by atoms with Gasteiger partial charge in [0.25, 0.3) is 0 Å². The Morgan fingerprint density at radius 1 is 1.38 bits per heavy atom. The maximum Gasteiger partial charge on any atom is 0.317 e. The van der Waals surface area contributed by atoms with Crippen molar-refractivity contribution in [2.45, 2.75) is 32.7 Å². The summed E-state index contributed by atoms with van der Waals surface area (Å²) in [4.78, 5) is 25.1. The first-order chi connectivity index (χ1) is 11.4. The minimum atomic E-state index is -0.834. The van der Waals surface area contributed by atoms with Crippen molar-refractivity contribution in [3.63, 3.8) is 0 Å². The average molecular weight is 334 g/mol. The van der Waals surface area contributed by atoms with E-state index in [1.54, 1.807) is 12.0 Å². The molecule has 1 heterocycles. The number of aliphatic carboxylic acids is 1. The molecule has 2 rings (SSSR count). The SMILES string of the molecule is COc1ccccc1CC(NC(=O)N1CCC(C(=O)O)C1)C(C)C. The van der Waals surface area contributed by atoms with Crippen molar-refractivity contribution in [3.8, 4) is 5.75 Å². The van der Waals surface area contributed by atoms with E-state index in [1.165, 1.54) is 0 Å². The molecule has 0 saturated carbocycles. The highest BCUT2D eigenvalue weighted by Crippen LogP contribution is 2.22. The molecule has 1 saturated heterocycles. The Balaban J connectivity index is 2.01. The molecule has 0 aliphatic carbocycles. The predicted octanol–water partition coefficient (Wildman–Crippen LogP) is 2.38. The number of hydrogen-bond acceptors (Lipinski definition) is 3. The number of nitrogens with one attached hydrogen (secondary N) is 1. The summed E-state index contributed by atoms with van der Waals surface area (Å²) in [6, 6.07) is 7.55. The normalized spacial score (nSPS) is 18.5. The maximum atomic E-state index is 12.5. The zero-order valence-electron chi connectivity index (χ0n) is 14.5. The summed E-state index contributed by atoms with van der Waals surface area (Å²) in [5.74, 6) is -0.233. The molecule has 132 valence electrons. The van der Waals surface area contributed by atoms with E-state index < -0.39 is 11.9 Å². The third kappa shape index (κ3) is 4.40. The molecule has 6 heteroatoms. The Hall–Kier alpha value is -2.24. The second kappa shape index (κ2) is 8.04. The molecule has 2 N–H and O–H groups in total. The number of carbonyl (C=O) groups is 2. The topological polar surface area (TPSA) is 78.9 Å². The molecule has 1 aliphatic rings. The van der Waals surface area contributed by atoms with Gasteiger partial charge in [0.2, 0.25) is 0 Å². The van der Waals surface area contributed by atoms with Crippen LogP contribution in [0.15, 0.2) is 24.3 Å². The standard InChI is InChI=1S/C18H26N2O4/c1-12(2)15(10-13-6-4-5-7-16(13)24-3)19-18(23)20-9-8-14(11-20)17(21)22/h4-7,12,14-15H,8-11H2,1-3H3,(H,19,23)(H,21,22). The third-order valence-corrected chi connectivity index (χ3v) is 4.57. The average Bonchev–Trinajstić information content (AvgIpc) is 3.05. The molecule has 2 atom stereocenters. The van der Waals surface area contributed by atoms with Crippen molar-refractivity contribution >= 4 is 12.0 Å². The second-order valence-electron chi connectivity index (χ2n) is 6.59. The van der Waals surface area contributed by atoms with Crippen molar-refractivity contribution in [2.75, 3.05) is 20.2 Å². The van der Waals surface area contributed by atoms with E-state index in [9.17, 15) is 9.59 Å². The first kappa shape index (κ1) is 18.1. The van der Waals surface area contributed by atoms with E-state index in [0.717, 1.165) is 11.3 Å². The first-order valence-corrected chi connectivity index (χ1v) is 8.32. The van der Waals surface area contributed by atoms with Gasteiger partial charge < -0.3 is 20.1 Å². The molecule has 24 heavy (non-hydrogen) atoms. The molecule has 6 nitrogen and oxygen atoms in total. The summed E-state index contributed by atoms with van der Waals surface area (Å²) in [6.45, 7) is 4.89. The van der Waals surface area contributed by atoms with Gasteiger partial charge in [-0.2, -0.15) is 0 Å². The number of methoxy groups -OCH3 is 1. The molecule has 2 unspecified atom stereocenters. The molecular formula is C18H26N2O4. The Kier molecular flexibility index (Phi) is 6.06. The van der Waals surface area contributed by atoms with Gasteiger partial charge in [-0.25, -0.2) is 4.79 Å². The summed E-state index contributed by atoms with van der Waals surface area (Å²) in [5.41, 5.74) is 1.05. The number of para-hydroxylation sites is 1. The van der Waals surface area contributed by atoms with Crippen LogP contribution in [0, 0.1) is 11.8 Å². The molecule has 2 amide bonds. The lowest BCUT2D eigenvalue weighted by atomic mass is 9.96. The van der Waals surface area contributed by atoms with Crippen molar-refractivity contribution in [3.05, 3.63) is 29.8 Å². The molecule has 0 radical (unpaired) electrons. The minimum absolute atomic E-state index is 0.0438. The fourth-order valence-corrected chi connectivity index (χ4v) is 2.96. The lowest BCUT2D eigenvalue weighted by Gasteiger charge is -2.26. The Labute approximate surface area is 142 Å². The van der Waals surface area contributed by atoms with Crippen LogP contribution in [0.4, 0.5) is 4.79 Å². The quantitative estimate of drug-likeness (QED) is 0.837. The number of carbonyl (C=O) groups excluding carboxylic acids is 1. The number of rotatable bonds is 6. The highest BCUT2D eigenvalue weighted by molar-refractivity contribution is 5.77. The Morgan fingerprint density at radius 3 is 2.67 bits per heavy atom. The summed E-state index contributed by atoms with van der Waals surface area (Å²) in [7, 11) is 1.64. The maximum absolute atomic E-state index is 12.5. The fraction of sp³-hybridized carbons (Fsp3) is 0.556. The molecular weight excluding hydrogens is 308 g/mol. The highest BCUT2D eigenvalue weighted by Gasteiger charge is 2.32. The number of benzene rings is 1. The highest BCUT2D eigenvalue weighted by atomic mass is 16.5. The molecule has 0 bridgehead atoms.